The molecule has 1 N–H and O–H groups in total. The van der Waals surface area contributed by atoms with Crippen LogP contribution in [0.25, 0.3) is 10.8 Å². The zero-order valence-corrected chi connectivity index (χ0v) is 9.58. The third-order valence-electron chi connectivity index (χ3n) is 2.66. The van der Waals surface area contributed by atoms with Crippen molar-refractivity contribution in [2.75, 3.05) is 0 Å². The van der Waals surface area contributed by atoms with Crippen LogP contribution in [0.4, 0.5) is 0 Å². The quantitative estimate of drug-likeness (QED) is 0.738. The molecule has 0 spiro atoms. The van der Waals surface area contributed by atoms with Gasteiger partial charge in [0.25, 0.3) is 0 Å². The van der Waals surface area contributed by atoms with Crippen LogP contribution >= 0.6 is 0 Å². The number of fused-ring (bicyclic) bond motifs is 1. The van der Waals surface area contributed by atoms with Gasteiger partial charge in [0, 0.05) is 12.3 Å². The number of aromatic nitrogens is 1. The molecule has 1 heterocycles. The number of benzene rings is 2. The molecule has 3 rings (SSSR count). The van der Waals surface area contributed by atoms with Crippen molar-refractivity contribution in [1.29, 1.82) is 0 Å². The summed E-state index contributed by atoms with van der Waals surface area (Å²) in [4.78, 5) is 4.10. The van der Waals surface area contributed by atoms with Crippen molar-refractivity contribution in [3.63, 3.8) is 0 Å². The number of phenols is 1. The molecule has 88 valence electrons. The molecule has 3 aromatic rings. The number of hydrogen-bond acceptors (Lipinski definition) is 3. The lowest BCUT2D eigenvalue weighted by atomic mass is 10.1. The molecule has 2 aromatic carbocycles. The molecule has 0 bridgehead atoms. The molecule has 0 saturated carbocycles. The highest BCUT2D eigenvalue weighted by molar-refractivity contribution is 5.85. The van der Waals surface area contributed by atoms with Crippen LogP contribution in [0.1, 0.15) is 0 Å². The lowest BCUT2D eigenvalue weighted by Crippen LogP contribution is -1.86. The first-order valence-electron chi connectivity index (χ1n) is 5.63. The second-order valence-corrected chi connectivity index (χ2v) is 3.96. The van der Waals surface area contributed by atoms with E-state index >= 15 is 0 Å². The molecule has 18 heavy (non-hydrogen) atoms. The maximum atomic E-state index is 9.46. The van der Waals surface area contributed by atoms with Crippen molar-refractivity contribution in [2.24, 2.45) is 0 Å². The van der Waals surface area contributed by atoms with E-state index in [0.717, 1.165) is 10.8 Å². The van der Waals surface area contributed by atoms with Gasteiger partial charge in [-0.15, -0.1) is 0 Å². The Kier molecular flexibility index (Phi) is 2.57. The Morgan fingerprint density at radius 2 is 1.78 bits per heavy atom. The predicted molar refractivity (Wildman–Crippen MR) is 69.9 cm³/mol. The van der Waals surface area contributed by atoms with Crippen molar-refractivity contribution < 1.29 is 9.84 Å². The van der Waals surface area contributed by atoms with Crippen molar-refractivity contribution in [3.05, 3.63) is 60.8 Å². The summed E-state index contributed by atoms with van der Waals surface area (Å²) in [5.74, 6) is 1.50. The summed E-state index contributed by atoms with van der Waals surface area (Å²) in [6, 6.07) is 16.5. The molecule has 1 aromatic heterocycles. The molecule has 0 unspecified atom stereocenters. The van der Waals surface area contributed by atoms with Gasteiger partial charge in [0.05, 0.1) is 0 Å². The highest BCUT2D eigenvalue weighted by Crippen LogP contribution is 2.26. The Morgan fingerprint density at radius 1 is 0.889 bits per heavy atom. The van der Waals surface area contributed by atoms with Gasteiger partial charge in [0.2, 0.25) is 5.88 Å². The van der Waals surface area contributed by atoms with E-state index in [1.807, 2.05) is 36.4 Å². The third kappa shape index (κ3) is 2.11. The molecule has 0 fully saturated rings. The molecular weight excluding hydrogens is 226 g/mol. The number of pyridine rings is 1. The number of hydrogen-bond donors (Lipinski definition) is 1. The number of phenolic OH excluding ortho intramolecular Hbond substituents is 1. The number of rotatable bonds is 2. The number of nitrogens with zero attached hydrogens (tertiary/aromatic N) is 1. The second-order valence-electron chi connectivity index (χ2n) is 3.96. The SMILES string of the molecule is Oc1ccc2ccc(Oc3ccccn3)cc2c1. The van der Waals surface area contributed by atoms with Gasteiger partial charge in [-0.1, -0.05) is 18.2 Å². The van der Waals surface area contributed by atoms with Gasteiger partial charge in [-0.2, -0.15) is 0 Å². The Bertz CT molecular complexity index is 680. The number of aromatic hydroxyl groups is 1. The summed E-state index contributed by atoms with van der Waals surface area (Å²) in [6.07, 6.45) is 1.68. The van der Waals surface area contributed by atoms with Gasteiger partial charge in [0.15, 0.2) is 0 Å². The maximum Gasteiger partial charge on any atom is 0.219 e. The highest BCUT2D eigenvalue weighted by atomic mass is 16.5. The van der Waals surface area contributed by atoms with E-state index in [-0.39, 0.29) is 5.75 Å². The van der Waals surface area contributed by atoms with E-state index in [9.17, 15) is 5.11 Å². The average Bonchev–Trinajstić information content (AvgIpc) is 2.39. The van der Waals surface area contributed by atoms with Crippen molar-refractivity contribution in [3.8, 4) is 17.4 Å². The first kappa shape index (κ1) is 10.6. The molecule has 0 atom stereocenters. The normalized spacial score (nSPS) is 10.4. The zero-order valence-electron chi connectivity index (χ0n) is 9.58. The van der Waals surface area contributed by atoms with Crippen LogP contribution in [0.5, 0.6) is 17.4 Å². The summed E-state index contributed by atoms with van der Waals surface area (Å²) >= 11 is 0. The monoisotopic (exact) mass is 237 g/mol. The molecule has 0 amide bonds. The Labute approximate surface area is 104 Å². The van der Waals surface area contributed by atoms with Gasteiger partial charge in [0.1, 0.15) is 11.5 Å². The first-order chi connectivity index (χ1) is 8.81. The van der Waals surface area contributed by atoms with Gasteiger partial charge in [-0.25, -0.2) is 4.98 Å². The van der Waals surface area contributed by atoms with E-state index in [1.54, 1.807) is 24.4 Å². The van der Waals surface area contributed by atoms with Crippen LogP contribution in [-0.2, 0) is 0 Å². The van der Waals surface area contributed by atoms with E-state index < -0.39 is 0 Å². The maximum absolute atomic E-state index is 9.46. The van der Waals surface area contributed by atoms with Crippen LogP contribution < -0.4 is 4.74 Å². The fraction of sp³-hybridized carbons (Fsp3) is 0. The molecule has 0 saturated heterocycles. The van der Waals surface area contributed by atoms with Crippen LogP contribution in [0, 0.1) is 0 Å². The first-order valence-corrected chi connectivity index (χ1v) is 5.63. The van der Waals surface area contributed by atoms with Gasteiger partial charge >= 0.3 is 0 Å². The van der Waals surface area contributed by atoms with Gasteiger partial charge < -0.3 is 9.84 Å². The minimum atomic E-state index is 0.248. The molecule has 0 aliphatic rings. The van der Waals surface area contributed by atoms with Crippen LogP contribution in [-0.4, -0.2) is 10.1 Å². The van der Waals surface area contributed by atoms with Crippen molar-refractivity contribution in [2.45, 2.75) is 0 Å². The predicted octanol–water partition coefficient (Wildman–Crippen LogP) is 3.73. The van der Waals surface area contributed by atoms with Crippen molar-refractivity contribution in [1.82, 2.24) is 4.98 Å². The third-order valence-corrected chi connectivity index (χ3v) is 2.66. The standard InChI is InChI=1S/C15H11NO2/c17-13-6-4-11-5-7-14(10-12(11)9-13)18-15-3-1-2-8-16-15/h1-10,17H. The number of ether oxygens (including phenoxy) is 1. The Hall–Kier alpha value is -2.55. The fourth-order valence-corrected chi connectivity index (χ4v) is 1.80. The summed E-state index contributed by atoms with van der Waals surface area (Å²) in [5.41, 5.74) is 0. The van der Waals surface area contributed by atoms with E-state index in [1.165, 1.54) is 0 Å². The van der Waals surface area contributed by atoms with Crippen LogP contribution in [0.15, 0.2) is 60.8 Å². The molecule has 0 aliphatic heterocycles. The van der Waals surface area contributed by atoms with Crippen molar-refractivity contribution >= 4 is 10.8 Å². The average molecular weight is 237 g/mol. The lowest BCUT2D eigenvalue weighted by Gasteiger charge is -2.05. The highest BCUT2D eigenvalue weighted by Gasteiger charge is 2.00. The molecule has 3 heteroatoms. The molecular formula is C15H11NO2. The van der Waals surface area contributed by atoms with Gasteiger partial charge in [-0.3, -0.25) is 0 Å². The fourth-order valence-electron chi connectivity index (χ4n) is 1.80. The van der Waals surface area contributed by atoms with E-state index in [0.29, 0.717) is 11.6 Å². The topological polar surface area (TPSA) is 42.4 Å². The Morgan fingerprint density at radius 3 is 2.61 bits per heavy atom. The van der Waals surface area contributed by atoms with Crippen LogP contribution in [0.3, 0.4) is 0 Å². The smallest absolute Gasteiger partial charge is 0.219 e. The minimum absolute atomic E-state index is 0.248. The Balaban J connectivity index is 1.98. The lowest BCUT2D eigenvalue weighted by molar-refractivity contribution is 0.463. The van der Waals surface area contributed by atoms with Crippen LogP contribution in [0.2, 0.25) is 0 Å². The molecule has 0 aliphatic carbocycles. The largest absolute Gasteiger partial charge is 0.508 e. The molecule has 0 radical (unpaired) electrons. The zero-order chi connectivity index (χ0) is 12.4. The summed E-state index contributed by atoms with van der Waals surface area (Å²) < 4.78 is 5.63. The second kappa shape index (κ2) is 4.37. The minimum Gasteiger partial charge on any atom is -0.508 e. The van der Waals surface area contributed by atoms with E-state index in [4.69, 9.17) is 4.74 Å². The summed E-state index contributed by atoms with van der Waals surface area (Å²) in [6.45, 7) is 0. The summed E-state index contributed by atoms with van der Waals surface area (Å²) in [5, 5.41) is 11.4. The summed E-state index contributed by atoms with van der Waals surface area (Å²) in [7, 11) is 0. The molecule has 3 nitrogen and oxygen atoms in total. The van der Waals surface area contributed by atoms with E-state index in [2.05, 4.69) is 4.98 Å². The van der Waals surface area contributed by atoms with Gasteiger partial charge in [-0.05, 0) is 41.1 Å².